The fraction of sp³-hybridized carbons (Fsp3) is 0.562. The van der Waals surface area contributed by atoms with Crippen LogP contribution in [0.25, 0.3) is 0 Å². The lowest BCUT2D eigenvalue weighted by Gasteiger charge is -2.47. The summed E-state index contributed by atoms with van der Waals surface area (Å²) in [6.45, 7) is 7.40. The molecule has 0 aliphatic carbocycles. The van der Waals surface area contributed by atoms with E-state index < -0.39 is 23.4 Å². The average molecular weight is 315 g/mol. The molecule has 6 heteroatoms. The summed E-state index contributed by atoms with van der Waals surface area (Å²) in [5, 5.41) is 0. The van der Waals surface area contributed by atoms with Crippen molar-refractivity contribution >= 4 is 11.8 Å². The van der Waals surface area contributed by atoms with Gasteiger partial charge in [0.15, 0.2) is 0 Å². The maximum atomic E-state index is 13.1. The number of hydrogen-bond donors (Lipinski definition) is 0. The molecular formula is C16H20F3NO2. The molecule has 0 fully saturated rings. The van der Waals surface area contributed by atoms with Crippen molar-refractivity contribution in [3.05, 3.63) is 29.3 Å². The Morgan fingerprint density at radius 1 is 1.14 bits per heavy atom. The minimum atomic E-state index is -4.44. The van der Waals surface area contributed by atoms with Gasteiger partial charge in [0.25, 0.3) is 0 Å². The zero-order valence-corrected chi connectivity index (χ0v) is 13.3. The van der Waals surface area contributed by atoms with Crippen molar-refractivity contribution in [2.24, 2.45) is 11.8 Å². The first-order chi connectivity index (χ1) is 10.0. The largest absolute Gasteiger partial charge is 0.437 e. The van der Waals surface area contributed by atoms with Crippen molar-refractivity contribution in [3.8, 4) is 0 Å². The second-order valence-corrected chi connectivity index (χ2v) is 6.26. The molecule has 1 amide bonds. The van der Waals surface area contributed by atoms with Crippen LogP contribution in [0.5, 0.6) is 0 Å². The molecule has 0 spiro atoms. The van der Waals surface area contributed by atoms with Crippen LogP contribution in [0.3, 0.4) is 0 Å². The lowest BCUT2D eigenvalue weighted by molar-refractivity contribution is -0.138. The molecule has 22 heavy (non-hydrogen) atoms. The van der Waals surface area contributed by atoms with Crippen LogP contribution in [0.2, 0.25) is 0 Å². The second kappa shape index (κ2) is 5.18. The van der Waals surface area contributed by atoms with Gasteiger partial charge in [-0.05, 0) is 30.0 Å². The maximum absolute atomic E-state index is 13.1. The minimum absolute atomic E-state index is 0.160. The van der Waals surface area contributed by atoms with Crippen molar-refractivity contribution in [1.82, 2.24) is 0 Å². The molecule has 0 aromatic heterocycles. The highest BCUT2D eigenvalue weighted by Crippen LogP contribution is 2.49. The first kappa shape index (κ1) is 16.6. The zero-order chi connectivity index (χ0) is 16.9. The minimum Gasteiger partial charge on any atom is -0.437 e. The number of nitrogens with zero attached hydrogens (tertiary/aromatic N) is 1. The Morgan fingerprint density at radius 2 is 1.68 bits per heavy atom. The van der Waals surface area contributed by atoms with Crippen LogP contribution in [0.15, 0.2) is 18.2 Å². The van der Waals surface area contributed by atoms with Gasteiger partial charge < -0.3 is 4.74 Å². The van der Waals surface area contributed by atoms with Gasteiger partial charge in [-0.3, -0.25) is 4.90 Å². The van der Waals surface area contributed by atoms with Crippen LogP contribution in [0.4, 0.5) is 23.7 Å². The highest BCUT2D eigenvalue weighted by Gasteiger charge is 2.49. The number of alkyl halides is 3. The molecular weight excluding hydrogens is 295 g/mol. The van der Waals surface area contributed by atoms with Crippen molar-refractivity contribution < 1.29 is 22.7 Å². The molecule has 0 saturated carbocycles. The quantitative estimate of drug-likeness (QED) is 0.784. The predicted octanol–water partition coefficient (Wildman–Crippen LogP) is 4.80. The molecule has 1 aromatic rings. The standard InChI is InChI=1S/C16H20F3NO2/c1-9(2)15(10(3)4)12-8-11(16(17,18)19)6-7-13(12)20(5)14(21)22-15/h6-10H,1-5H3. The summed E-state index contributed by atoms with van der Waals surface area (Å²) in [5.41, 5.74) is -0.926. The van der Waals surface area contributed by atoms with Gasteiger partial charge in [0.2, 0.25) is 0 Å². The summed E-state index contributed by atoms with van der Waals surface area (Å²) in [5.74, 6) is -0.320. The zero-order valence-electron chi connectivity index (χ0n) is 13.3. The third kappa shape index (κ3) is 2.34. The number of ether oxygens (including phenoxy) is 1. The van der Waals surface area contributed by atoms with E-state index in [1.807, 2.05) is 27.7 Å². The van der Waals surface area contributed by atoms with Gasteiger partial charge in [0.05, 0.1) is 11.3 Å². The summed E-state index contributed by atoms with van der Waals surface area (Å²) in [6, 6.07) is 3.45. The molecule has 0 atom stereocenters. The molecule has 0 N–H and O–H groups in total. The third-order valence-electron chi connectivity index (χ3n) is 4.35. The first-order valence-electron chi connectivity index (χ1n) is 7.20. The van der Waals surface area contributed by atoms with Crippen LogP contribution in [0.1, 0.15) is 38.8 Å². The van der Waals surface area contributed by atoms with E-state index in [-0.39, 0.29) is 11.8 Å². The summed E-state index contributed by atoms with van der Waals surface area (Å²) >= 11 is 0. The monoisotopic (exact) mass is 315 g/mol. The van der Waals surface area contributed by atoms with E-state index >= 15 is 0 Å². The number of amides is 1. The molecule has 2 rings (SSSR count). The molecule has 122 valence electrons. The molecule has 1 aliphatic heterocycles. The number of anilines is 1. The molecule has 0 bridgehead atoms. The van der Waals surface area contributed by atoms with Crippen LogP contribution < -0.4 is 4.90 Å². The topological polar surface area (TPSA) is 29.5 Å². The lowest BCUT2D eigenvalue weighted by Crippen LogP contribution is -2.50. The van der Waals surface area contributed by atoms with Crippen LogP contribution in [-0.4, -0.2) is 13.1 Å². The van der Waals surface area contributed by atoms with Gasteiger partial charge in [-0.1, -0.05) is 27.7 Å². The Hall–Kier alpha value is -1.72. The van der Waals surface area contributed by atoms with E-state index in [9.17, 15) is 18.0 Å². The predicted molar refractivity (Wildman–Crippen MR) is 77.7 cm³/mol. The fourth-order valence-electron chi connectivity index (χ4n) is 3.21. The van der Waals surface area contributed by atoms with Crippen molar-refractivity contribution in [3.63, 3.8) is 0 Å². The van der Waals surface area contributed by atoms with E-state index in [1.165, 1.54) is 18.0 Å². The SMILES string of the molecule is CC(C)C1(C(C)C)OC(=O)N(C)c2ccc(C(F)(F)F)cc21. The van der Waals surface area contributed by atoms with E-state index in [4.69, 9.17) is 4.74 Å². The second-order valence-electron chi connectivity index (χ2n) is 6.26. The molecule has 1 aliphatic rings. The van der Waals surface area contributed by atoms with E-state index in [2.05, 4.69) is 0 Å². The van der Waals surface area contributed by atoms with E-state index in [1.54, 1.807) is 0 Å². The van der Waals surface area contributed by atoms with Crippen LogP contribution >= 0.6 is 0 Å². The molecule has 0 saturated heterocycles. The molecule has 0 radical (unpaired) electrons. The molecule has 3 nitrogen and oxygen atoms in total. The van der Waals surface area contributed by atoms with Gasteiger partial charge in [-0.2, -0.15) is 13.2 Å². The Morgan fingerprint density at radius 3 is 2.14 bits per heavy atom. The number of fused-ring (bicyclic) bond motifs is 1. The summed E-state index contributed by atoms with van der Waals surface area (Å²) < 4.78 is 44.8. The van der Waals surface area contributed by atoms with Crippen molar-refractivity contribution in [2.45, 2.75) is 39.5 Å². The summed E-state index contributed by atoms with van der Waals surface area (Å²) in [6.07, 6.45) is -4.98. The van der Waals surface area contributed by atoms with E-state index in [0.717, 1.165) is 12.1 Å². The van der Waals surface area contributed by atoms with Gasteiger partial charge in [0.1, 0.15) is 5.60 Å². The number of hydrogen-bond acceptors (Lipinski definition) is 2. The highest BCUT2D eigenvalue weighted by atomic mass is 19.4. The van der Waals surface area contributed by atoms with Gasteiger partial charge in [-0.15, -0.1) is 0 Å². The number of carbonyl (C=O) groups excluding carboxylic acids is 1. The number of benzene rings is 1. The van der Waals surface area contributed by atoms with Crippen LogP contribution in [-0.2, 0) is 16.5 Å². The Kier molecular flexibility index (Phi) is 3.92. The number of halogens is 3. The Bertz CT molecular complexity index is 586. The van der Waals surface area contributed by atoms with Crippen molar-refractivity contribution in [2.75, 3.05) is 11.9 Å². The average Bonchev–Trinajstić information content (AvgIpc) is 2.40. The van der Waals surface area contributed by atoms with Crippen molar-refractivity contribution in [1.29, 1.82) is 0 Å². The number of cyclic esters (lactones) is 1. The van der Waals surface area contributed by atoms with Gasteiger partial charge in [0, 0.05) is 12.6 Å². The number of rotatable bonds is 2. The first-order valence-corrected chi connectivity index (χ1v) is 7.20. The molecule has 1 aromatic carbocycles. The Labute approximate surface area is 128 Å². The fourth-order valence-corrected chi connectivity index (χ4v) is 3.21. The highest BCUT2D eigenvalue weighted by molar-refractivity contribution is 5.91. The summed E-state index contributed by atoms with van der Waals surface area (Å²) in [4.78, 5) is 13.4. The third-order valence-corrected chi connectivity index (χ3v) is 4.35. The lowest BCUT2D eigenvalue weighted by atomic mass is 9.73. The number of carbonyl (C=O) groups is 1. The molecule has 0 unspecified atom stereocenters. The van der Waals surface area contributed by atoms with Gasteiger partial charge in [-0.25, -0.2) is 4.79 Å². The maximum Gasteiger partial charge on any atom is 0.416 e. The van der Waals surface area contributed by atoms with E-state index in [0.29, 0.717) is 11.3 Å². The Balaban J connectivity index is 2.77. The van der Waals surface area contributed by atoms with Crippen LogP contribution in [0, 0.1) is 11.8 Å². The summed E-state index contributed by atoms with van der Waals surface area (Å²) in [7, 11) is 1.50. The van der Waals surface area contributed by atoms with Gasteiger partial charge >= 0.3 is 12.3 Å². The normalized spacial score (nSPS) is 17.7. The smallest absolute Gasteiger partial charge is 0.416 e. The molecule has 1 heterocycles.